The lowest BCUT2D eigenvalue weighted by atomic mass is 10.1. The van der Waals surface area contributed by atoms with Crippen molar-refractivity contribution in [2.45, 2.75) is 13.8 Å². The summed E-state index contributed by atoms with van der Waals surface area (Å²) in [7, 11) is 1.86. The van der Waals surface area contributed by atoms with E-state index in [1.54, 1.807) is 12.3 Å². The molecule has 2 N–H and O–H groups in total. The number of hydrogen-bond acceptors (Lipinski definition) is 3. The first-order valence-corrected chi connectivity index (χ1v) is 6.12. The Morgan fingerprint density at radius 2 is 1.89 bits per heavy atom. The molecule has 2 rings (SSSR count). The van der Waals surface area contributed by atoms with Crippen LogP contribution in [0.3, 0.4) is 0 Å². The Morgan fingerprint density at radius 1 is 1.11 bits per heavy atom. The molecule has 0 bridgehead atoms. The van der Waals surface area contributed by atoms with E-state index in [1.165, 1.54) is 0 Å². The molecule has 0 spiro atoms. The molecule has 0 unspecified atom stereocenters. The Morgan fingerprint density at radius 3 is 2.53 bits per heavy atom. The van der Waals surface area contributed by atoms with Gasteiger partial charge in [-0.15, -0.1) is 0 Å². The number of amides is 1. The van der Waals surface area contributed by atoms with Crippen LogP contribution < -0.4 is 10.6 Å². The molecule has 98 valence electrons. The van der Waals surface area contributed by atoms with E-state index in [9.17, 15) is 4.79 Å². The van der Waals surface area contributed by atoms with Crippen LogP contribution >= 0.6 is 0 Å². The smallest absolute Gasteiger partial charge is 0.255 e. The highest BCUT2D eigenvalue weighted by Crippen LogP contribution is 2.16. The van der Waals surface area contributed by atoms with Crippen LogP contribution in [0.1, 0.15) is 21.6 Å². The van der Waals surface area contributed by atoms with Crippen LogP contribution in [0.25, 0.3) is 0 Å². The summed E-state index contributed by atoms with van der Waals surface area (Å²) in [4.78, 5) is 16.3. The second-order valence-electron chi connectivity index (χ2n) is 4.42. The minimum absolute atomic E-state index is 0.106. The van der Waals surface area contributed by atoms with Gasteiger partial charge in [-0.3, -0.25) is 9.78 Å². The molecule has 0 aliphatic carbocycles. The number of benzene rings is 1. The summed E-state index contributed by atoms with van der Waals surface area (Å²) in [6, 6.07) is 9.29. The van der Waals surface area contributed by atoms with Gasteiger partial charge in [-0.1, -0.05) is 0 Å². The van der Waals surface area contributed by atoms with Crippen LogP contribution in [0.5, 0.6) is 0 Å². The van der Waals surface area contributed by atoms with Crippen molar-refractivity contribution in [1.82, 2.24) is 4.98 Å². The van der Waals surface area contributed by atoms with Gasteiger partial charge in [0.25, 0.3) is 5.91 Å². The normalized spacial score (nSPS) is 10.1. The minimum atomic E-state index is -0.106. The number of anilines is 2. The van der Waals surface area contributed by atoms with Gasteiger partial charge >= 0.3 is 0 Å². The zero-order valence-corrected chi connectivity index (χ0v) is 11.3. The van der Waals surface area contributed by atoms with Crippen molar-refractivity contribution in [3.63, 3.8) is 0 Å². The molecule has 0 aliphatic heterocycles. The molecular weight excluding hydrogens is 238 g/mol. The average Bonchev–Trinajstić information content (AvgIpc) is 2.38. The second-order valence-corrected chi connectivity index (χ2v) is 4.42. The van der Waals surface area contributed by atoms with Gasteiger partial charge < -0.3 is 10.6 Å². The van der Waals surface area contributed by atoms with Gasteiger partial charge in [0.05, 0.1) is 0 Å². The number of nitrogens with one attached hydrogen (secondary N) is 2. The fraction of sp³-hybridized carbons (Fsp3) is 0.200. The molecule has 0 atom stereocenters. The third-order valence-corrected chi connectivity index (χ3v) is 2.91. The minimum Gasteiger partial charge on any atom is -0.388 e. The lowest BCUT2D eigenvalue weighted by Crippen LogP contribution is -2.13. The molecule has 1 heterocycles. The van der Waals surface area contributed by atoms with Crippen LogP contribution in [0, 0.1) is 13.8 Å². The first-order valence-electron chi connectivity index (χ1n) is 6.12. The van der Waals surface area contributed by atoms with Crippen molar-refractivity contribution in [2.75, 3.05) is 17.7 Å². The molecule has 4 nitrogen and oxygen atoms in total. The molecule has 0 saturated heterocycles. The molecule has 0 radical (unpaired) electrons. The van der Waals surface area contributed by atoms with Gasteiger partial charge in [0.15, 0.2) is 0 Å². The van der Waals surface area contributed by atoms with Gasteiger partial charge in [-0.2, -0.15) is 0 Å². The predicted molar refractivity (Wildman–Crippen MR) is 77.7 cm³/mol. The summed E-state index contributed by atoms with van der Waals surface area (Å²) in [5.41, 5.74) is 4.24. The molecule has 2 aromatic rings. The summed E-state index contributed by atoms with van der Waals surface area (Å²) in [6.07, 6.45) is 1.68. The molecule has 19 heavy (non-hydrogen) atoms. The summed E-state index contributed by atoms with van der Waals surface area (Å²) >= 11 is 0. The molecule has 1 aromatic carbocycles. The molecule has 1 aromatic heterocycles. The van der Waals surface area contributed by atoms with Gasteiger partial charge in [0.1, 0.15) is 0 Å². The standard InChI is InChI=1S/C15H17N3O/c1-10-8-12(16-3)4-5-14(10)15(19)18-13-6-7-17-11(2)9-13/h4-9,16H,1-3H3,(H,17,18,19). The first kappa shape index (κ1) is 13.1. The number of hydrogen-bond donors (Lipinski definition) is 2. The Kier molecular flexibility index (Phi) is 3.80. The largest absolute Gasteiger partial charge is 0.388 e. The topological polar surface area (TPSA) is 54.0 Å². The van der Waals surface area contributed by atoms with Crippen molar-refractivity contribution in [2.24, 2.45) is 0 Å². The Hall–Kier alpha value is -2.36. The highest BCUT2D eigenvalue weighted by molar-refractivity contribution is 6.05. The van der Waals surface area contributed by atoms with Gasteiger partial charge in [-0.25, -0.2) is 0 Å². The van der Waals surface area contributed by atoms with E-state index >= 15 is 0 Å². The van der Waals surface area contributed by atoms with E-state index in [-0.39, 0.29) is 5.91 Å². The van der Waals surface area contributed by atoms with Gasteiger partial charge in [0, 0.05) is 35.9 Å². The van der Waals surface area contributed by atoms with E-state index in [0.717, 1.165) is 22.6 Å². The summed E-state index contributed by atoms with van der Waals surface area (Å²) < 4.78 is 0. The van der Waals surface area contributed by atoms with Crippen LogP contribution in [0.15, 0.2) is 36.5 Å². The van der Waals surface area contributed by atoms with Crippen LogP contribution in [-0.4, -0.2) is 17.9 Å². The maximum Gasteiger partial charge on any atom is 0.255 e. The summed E-state index contributed by atoms with van der Waals surface area (Å²) in [5.74, 6) is -0.106. The molecule has 0 aliphatic rings. The first-order chi connectivity index (χ1) is 9.10. The second kappa shape index (κ2) is 5.52. The number of pyridine rings is 1. The fourth-order valence-electron chi connectivity index (χ4n) is 1.90. The predicted octanol–water partition coefficient (Wildman–Crippen LogP) is 2.99. The Labute approximate surface area is 112 Å². The monoisotopic (exact) mass is 255 g/mol. The van der Waals surface area contributed by atoms with Crippen molar-refractivity contribution >= 4 is 17.3 Å². The number of carbonyl (C=O) groups is 1. The molecule has 4 heteroatoms. The Balaban J connectivity index is 2.20. The zero-order chi connectivity index (χ0) is 13.8. The van der Waals surface area contributed by atoms with Crippen LogP contribution in [-0.2, 0) is 0 Å². The number of aromatic nitrogens is 1. The van der Waals surface area contributed by atoms with Gasteiger partial charge in [-0.05, 0) is 49.7 Å². The molecular formula is C15H17N3O. The molecule has 0 saturated carbocycles. The highest BCUT2D eigenvalue weighted by Gasteiger charge is 2.09. The SMILES string of the molecule is CNc1ccc(C(=O)Nc2ccnc(C)c2)c(C)c1. The lowest BCUT2D eigenvalue weighted by molar-refractivity contribution is 0.102. The van der Waals surface area contributed by atoms with E-state index in [0.29, 0.717) is 5.56 Å². The number of aryl methyl sites for hydroxylation is 2. The maximum atomic E-state index is 12.2. The number of nitrogens with zero attached hydrogens (tertiary/aromatic N) is 1. The number of rotatable bonds is 3. The quantitative estimate of drug-likeness (QED) is 0.886. The van der Waals surface area contributed by atoms with Crippen LogP contribution in [0.2, 0.25) is 0 Å². The van der Waals surface area contributed by atoms with E-state index in [2.05, 4.69) is 15.6 Å². The average molecular weight is 255 g/mol. The van der Waals surface area contributed by atoms with Gasteiger partial charge in [0.2, 0.25) is 0 Å². The highest BCUT2D eigenvalue weighted by atomic mass is 16.1. The van der Waals surface area contributed by atoms with E-state index < -0.39 is 0 Å². The van der Waals surface area contributed by atoms with E-state index in [4.69, 9.17) is 0 Å². The third-order valence-electron chi connectivity index (χ3n) is 2.91. The van der Waals surface area contributed by atoms with Crippen molar-refractivity contribution in [3.8, 4) is 0 Å². The maximum absolute atomic E-state index is 12.2. The Bertz CT molecular complexity index is 608. The zero-order valence-electron chi connectivity index (χ0n) is 11.3. The summed E-state index contributed by atoms with van der Waals surface area (Å²) in [6.45, 7) is 3.82. The van der Waals surface area contributed by atoms with Crippen molar-refractivity contribution in [1.29, 1.82) is 0 Å². The number of carbonyl (C=O) groups excluding carboxylic acids is 1. The molecule has 0 fully saturated rings. The third kappa shape index (κ3) is 3.10. The van der Waals surface area contributed by atoms with Crippen molar-refractivity contribution < 1.29 is 4.79 Å². The van der Waals surface area contributed by atoms with Crippen LogP contribution in [0.4, 0.5) is 11.4 Å². The lowest BCUT2D eigenvalue weighted by Gasteiger charge is -2.09. The fourth-order valence-corrected chi connectivity index (χ4v) is 1.90. The van der Waals surface area contributed by atoms with Crippen molar-refractivity contribution in [3.05, 3.63) is 53.3 Å². The van der Waals surface area contributed by atoms with E-state index in [1.807, 2.05) is 45.2 Å². The summed E-state index contributed by atoms with van der Waals surface area (Å²) in [5, 5.41) is 5.93. The molecule has 1 amide bonds.